The van der Waals surface area contributed by atoms with E-state index in [2.05, 4.69) is 56.5 Å². The minimum absolute atomic E-state index is 0. The van der Waals surface area contributed by atoms with Gasteiger partial charge in [-0.15, -0.1) is 11.0 Å². The number of nitrogens with zero attached hydrogens (tertiary/aromatic N) is 3. The molecule has 1 aromatic rings. The van der Waals surface area contributed by atoms with Gasteiger partial charge in [0, 0.05) is 45.2 Å². The van der Waals surface area contributed by atoms with Crippen LogP contribution in [-0.2, 0) is 56.9 Å². The van der Waals surface area contributed by atoms with Gasteiger partial charge < -0.3 is 18.6 Å². The van der Waals surface area contributed by atoms with Crippen molar-refractivity contribution in [1.29, 1.82) is 0 Å². The molecule has 0 saturated heterocycles. The van der Waals surface area contributed by atoms with Crippen molar-refractivity contribution in [2.75, 3.05) is 0 Å². The quantitative estimate of drug-likeness (QED) is 0.358. The topological polar surface area (TPSA) is 47.8 Å². The second-order valence-corrected chi connectivity index (χ2v) is 9.49. The molecule has 1 aliphatic rings. The van der Waals surface area contributed by atoms with Crippen molar-refractivity contribution in [3.8, 4) is 0 Å². The van der Waals surface area contributed by atoms with E-state index in [1.807, 2.05) is 27.7 Å². The zero-order valence-electron chi connectivity index (χ0n) is 23.0. The summed E-state index contributed by atoms with van der Waals surface area (Å²) in [7, 11) is 0. The predicted molar refractivity (Wildman–Crippen MR) is 136 cm³/mol. The molecule has 1 aromatic heterocycles. The molecule has 0 amide bonds. The van der Waals surface area contributed by atoms with Crippen LogP contribution < -0.4 is 0 Å². The van der Waals surface area contributed by atoms with Gasteiger partial charge in [0.2, 0.25) is 0 Å². The molecule has 1 atom stereocenters. The van der Waals surface area contributed by atoms with Crippen LogP contribution in [0.5, 0.6) is 0 Å². The molecule has 4 nitrogen and oxygen atoms in total. The van der Waals surface area contributed by atoms with Gasteiger partial charge in [-0.1, -0.05) is 86.3 Å². The van der Waals surface area contributed by atoms with Crippen molar-refractivity contribution in [2.24, 2.45) is 17.3 Å². The van der Waals surface area contributed by atoms with Crippen LogP contribution in [0.3, 0.4) is 0 Å². The number of carbonyl (C=O) groups excluding carboxylic acids is 1. The summed E-state index contributed by atoms with van der Waals surface area (Å²) in [5.74, 6) is 0.366. The summed E-state index contributed by atoms with van der Waals surface area (Å²) >= 11 is 0. The first kappa shape index (κ1) is 36.5. The van der Waals surface area contributed by atoms with E-state index >= 15 is 0 Å². The van der Waals surface area contributed by atoms with E-state index in [1.165, 1.54) is 56.3 Å². The Bertz CT molecular complexity index is 562. The number of hydrogen-bond acceptors (Lipinski definition) is 3. The molecule has 1 heterocycles. The Kier molecular flexibility index (Phi) is 24.5. The third-order valence-corrected chi connectivity index (χ3v) is 5.05. The fourth-order valence-corrected chi connectivity index (χ4v) is 3.57. The van der Waals surface area contributed by atoms with Crippen LogP contribution in [0.4, 0.5) is 0 Å². The first-order chi connectivity index (χ1) is 14.7. The summed E-state index contributed by atoms with van der Waals surface area (Å²) in [5, 5.41) is 8.61. The molecule has 32 heavy (non-hydrogen) atoms. The average Bonchev–Trinajstić information content (AvgIpc) is 3.08. The molecule has 187 valence electrons. The van der Waals surface area contributed by atoms with E-state index in [0.717, 1.165) is 19.4 Å². The van der Waals surface area contributed by atoms with E-state index < -0.39 is 0 Å². The molecule has 0 aromatic carbocycles. The Hall–Kier alpha value is -0.0861. The first-order valence-electron chi connectivity index (χ1n) is 12.6. The maximum absolute atomic E-state index is 11.5. The summed E-state index contributed by atoms with van der Waals surface area (Å²) in [6.07, 6.45) is 11.0. The minimum Gasteiger partial charge on any atom is -0.346 e. The van der Waals surface area contributed by atoms with Crippen LogP contribution in [0.1, 0.15) is 119 Å². The van der Waals surface area contributed by atoms with Crippen molar-refractivity contribution in [1.82, 2.24) is 15.0 Å². The Morgan fingerprint density at radius 1 is 1.06 bits per heavy atom. The van der Waals surface area contributed by atoms with Gasteiger partial charge in [0.1, 0.15) is 5.78 Å². The number of rotatable bonds is 6. The summed E-state index contributed by atoms with van der Waals surface area (Å²) in [6, 6.07) is 0. The number of aryl methyl sites for hydroxylation is 2. The second kappa shape index (κ2) is 21.4. The van der Waals surface area contributed by atoms with Gasteiger partial charge in [0.15, 0.2) is 0 Å². The molecule has 0 bridgehead atoms. The maximum Gasteiger partial charge on any atom is 0.108 e. The van der Waals surface area contributed by atoms with Gasteiger partial charge >= 0.3 is 0 Å². The van der Waals surface area contributed by atoms with E-state index in [0.29, 0.717) is 0 Å². The number of hydrogen-bond donors (Lipinski definition) is 0. The molecule has 0 aliphatic heterocycles. The monoisotopic (exact) mass is 524 g/mol. The van der Waals surface area contributed by atoms with Crippen molar-refractivity contribution >= 4 is 5.78 Å². The summed E-state index contributed by atoms with van der Waals surface area (Å²) in [4.78, 5) is 11.5. The Morgan fingerprint density at radius 2 is 1.59 bits per heavy atom. The van der Waals surface area contributed by atoms with E-state index in [-0.39, 0.29) is 55.7 Å². The summed E-state index contributed by atoms with van der Waals surface area (Å²) in [6.45, 7) is 26.5. The molecule has 0 spiro atoms. The zero-order chi connectivity index (χ0) is 24.4. The van der Waals surface area contributed by atoms with Crippen LogP contribution in [0.25, 0.3) is 0 Å². The Labute approximate surface area is 226 Å². The van der Waals surface area contributed by atoms with Gasteiger partial charge in [0.25, 0.3) is 0 Å². The smallest absolute Gasteiger partial charge is 0.108 e. The average molecular weight is 525 g/mol. The Balaban J connectivity index is -0.000000452. The molecule has 0 fully saturated rings. The fourth-order valence-electron chi connectivity index (χ4n) is 3.57. The van der Waals surface area contributed by atoms with Crippen LogP contribution in [0, 0.1) is 31.1 Å². The molecule has 1 unspecified atom stereocenters. The van der Waals surface area contributed by atoms with Crippen molar-refractivity contribution < 1.29 is 37.5 Å². The maximum atomic E-state index is 11.5. The number of aromatic nitrogens is 3. The van der Waals surface area contributed by atoms with E-state index in [9.17, 15) is 4.79 Å². The number of unbranched alkanes of at least 4 members (excludes halogenated alkanes) is 1. The number of Topliss-reactive ketones (excluding diaryl/α,β-unsaturated/α-hetero) is 1. The molecule has 1 radical (unpaired) electrons. The van der Waals surface area contributed by atoms with Crippen LogP contribution >= 0.6 is 0 Å². The molecule has 0 saturated carbocycles. The van der Waals surface area contributed by atoms with Crippen molar-refractivity contribution in [3.05, 3.63) is 25.2 Å². The molecule has 0 N–H and O–H groups in total. The largest absolute Gasteiger partial charge is 0.346 e. The summed E-state index contributed by atoms with van der Waals surface area (Å²) < 4.78 is 2.14. The Morgan fingerprint density at radius 3 is 2.06 bits per heavy atom. The van der Waals surface area contributed by atoms with Gasteiger partial charge in [-0.25, -0.2) is 4.68 Å². The first-order valence-corrected chi connectivity index (χ1v) is 12.6. The minimum atomic E-state index is -0.0370. The van der Waals surface area contributed by atoms with Crippen LogP contribution in [0.15, 0.2) is 0 Å². The number of ketones is 1. The SMILES string of the molecule is CC.CCCCn1nnc2c1CCCCCC2.[CH2-]C.[CH2-]C(CC(C)(C)C)C(=O)C(C)C.[Y]. The molecule has 5 heteroatoms. The van der Waals surface area contributed by atoms with Crippen molar-refractivity contribution in [3.63, 3.8) is 0 Å². The molecule has 1 aliphatic carbocycles. The fraction of sp³-hybridized carbons (Fsp3) is 0.815. The van der Waals surface area contributed by atoms with Gasteiger partial charge in [-0.3, -0.25) is 0 Å². The number of carbonyl (C=O) groups is 1. The molecular weight excluding hydrogens is 471 g/mol. The molecular formula is C27H53N3OY-2. The zero-order valence-corrected chi connectivity index (χ0v) is 25.8. The van der Waals surface area contributed by atoms with Crippen molar-refractivity contribution in [2.45, 2.75) is 127 Å². The molecule has 2 rings (SSSR count). The van der Waals surface area contributed by atoms with Crippen LogP contribution in [0.2, 0.25) is 0 Å². The third kappa shape index (κ3) is 16.5. The normalized spacial score (nSPS) is 13.9. The van der Waals surface area contributed by atoms with Gasteiger partial charge in [-0.2, -0.15) is 6.92 Å². The van der Waals surface area contributed by atoms with E-state index in [1.54, 1.807) is 6.92 Å². The van der Waals surface area contributed by atoms with Gasteiger partial charge in [0.05, 0.1) is 11.4 Å². The standard InChI is InChI=1S/C12H21N3.C11H21O.C2H6.C2H5.Y/c1-2-3-10-15-12-9-7-5-4-6-8-11(12)13-14-15;1-8(2)10(12)9(3)7-11(4,5)6;2*1-2;/h2-10H2,1H3;8-9H,3,7H2,1-2,4-6H3;1-2H3;1H2,2H3;/q;-1;;-1;. The predicted octanol–water partition coefficient (Wildman–Crippen LogP) is 7.70. The third-order valence-electron chi connectivity index (χ3n) is 5.05. The number of fused-ring (bicyclic) bond motifs is 1. The van der Waals surface area contributed by atoms with Gasteiger partial charge in [-0.05, 0) is 37.5 Å². The second-order valence-electron chi connectivity index (χ2n) is 9.49. The summed E-state index contributed by atoms with van der Waals surface area (Å²) in [5.41, 5.74) is 2.89. The van der Waals surface area contributed by atoms with E-state index in [4.69, 9.17) is 0 Å². The van der Waals surface area contributed by atoms with Crippen LogP contribution in [-0.4, -0.2) is 20.8 Å².